The lowest BCUT2D eigenvalue weighted by Gasteiger charge is -1.96. The van der Waals surface area contributed by atoms with E-state index >= 15 is 0 Å². The summed E-state index contributed by atoms with van der Waals surface area (Å²) < 4.78 is 6.83. The number of rotatable bonds is 3. The third-order valence-electron chi connectivity index (χ3n) is 2.10. The quantitative estimate of drug-likeness (QED) is 0.483. The second kappa shape index (κ2) is 5.07. The number of hydrogen-bond donors (Lipinski definition) is 1. The molecule has 0 fully saturated rings. The van der Waals surface area contributed by atoms with E-state index in [1.54, 1.807) is 41.3 Å². The minimum atomic E-state index is -0.260. The molecule has 17 heavy (non-hydrogen) atoms. The van der Waals surface area contributed by atoms with Gasteiger partial charge in [0.15, 0.2) is 12.4 Å². The van der Waals surface area contributed by atoms with Gasteiger partial charge in [-0.05, 0) is 18.2 Å². The van der Waals surface area contributed by atoms with Gasteiger partial charge in [-0.3, -0.25) is 4.79 Å². The molecular weight excluding hydrogens is 218 g/mol. The van der Waals surface area contributed by atoms with Crippen LogP contribution >= 0.6 is 0 Å². The fourth-order valence-corrected chi connectivity index (χ4v) is 1.31. The number of aryl methyl sites for hydroxylation is 1. The predicted octanol–water partition coefficient (Wildman–Crippen LogP) is 0.868. The van der Waals surface area contributed by atoms with Gasteiger partial charge in [-0.1, -0.05) is 0 Å². The zero-order chi connectivity index (χ0) is 12.1. The summed E-state index contributed by atoms with van der Waals surface area (Å²) in [6, 6.07) is 7.02. The van der Waals surface area contributed by atoms with E-state index in [-0.39, 0.29) is 5.91 Å². The Balaban J connectivity index is 1.98. The number of nitrogens with zero attached hydrogens (tertiary/aromatic N) is 2. The predicted molar refractivity (Wildman–Crippen MR) is 61.4 cm³/mol. The molecule has 0 bridgehead atoms. The molecule has 0 aliphatic heterocycles. The lowest BCUT2D eigenvalue weighted by atomic mass is 10.3. The highest BCUT2D eigenvalue weighted by molar-refractivity contribution is 5.94. The summed E-state index contributed by atoms with van der Waals surface area (Å²) in [6.45, 7) is 0. The maximum atomic E-state index is 11.7. The SMILES string of the molecule is C[n+]1cccc(C(=O)N/N=C/c2ccco2)c1. The van der Waals surface area contributed by atoms with Crippen LogP contribution in [-0.4, -0.2) is 12.1 Å². The number of pyridine rings is 1. The molecule has 0 aromatic carbocycles. The first-order valence-corrected chi connectivity index (χ1v) is 5.08. The van der Waals surface area contributed by atoms with E-state index < -0.39 is 0 Å². The van der Waals surface area contributed by atoms with E-state index in [2.05, 4.69) is 10.5 Å². The van der Waals surface area contributed by atoms with Crippen molar-refractivity contribution < 1.29 is 13.8 Å². The molecule has 2 aromatic heterocycles. The highest BCUT2D eigenvalue weighted by Gasteiger charge is 2.07. The molecule has 5 nitrogen and oxygen atoms in total. The number of nitrogens with one attached hydrogen (secondary N) is 1. The zero-order valence-electron chi connectivity index (χ0n) is 9.33. The summed E-state index contributed by atoms with van der Waals surface area (Å²) in [6.07, 6.45) is 6.56. The molecule has 0 unspecified atom stereocenters. The Labute approximate surface area is 98.4 Å². The first-order valence-electron chi connectivity index (χ1n) is 5.08. The van der Waals surface area contributed by atoms with Crippen molar-refractivity contribution >= 4 is 12.1 Å². The number of aromatic nitrogens is 1. The first-order chi connectivity index (χ1) is 8.25. The molecule has 0 aliphatic rings. The number of furan rings is 1. The molecule has 1 N–H and O–H groups in total. The Morgan fingerprint density at radius 2 is 2.35 bits per heavy atom. The van der Waals surface area contributed by atoms with Crippen LogP contribution in [0.15, 0.2) is 52.4 Å². The van der Waals surface area contributed by atoms with Gasteiger partial charge in [-0.2, -0.15) is 5.10 Å². The number of hydrogen-bond acceptors (Lipinski definition) is 3. The van der Waals surface area contributed by atoms with Crippen molar-refractivity contribution in [3.8, 4) is 0 Å². The van der Waals surface area contributed by atoms with Gasteiger partial charge in [0.25, 0.3) is 5.91 Å². The van der Waals surface area contributed by atoms with Gasteiger partial charge in [0.2, 0.25) is 0 Å². The maximum Gasteiger partial charge on any atom is 0.277 e. The van der Waals surface area contributed by atoms with Crippen molar-refractivity contribution in [2.24, 2.45) is 12.1 Å². The number of amides is 1. The average molecular weight is 230 g/mol. The fraction of sp³-hybridized carbons (Fsp3) is 0.0833. The molecule has 5 heteroatoms. The van der Waals surface area contributed by atoms with Crippen LogP contribution in [-0.2, 0) is 7.05 Å². The van der Waals surface area contributed by atoms with E-state index in [9.17, 15) is 4.79 Å². The molecule has 0 saturated heterocycles. The topological polar surface area (TPSA) is 58.5 Å². The Kier molecular flexibility index (Phi) is 3.30. The van der Waals surface area contributed by atoms with Crippen LogP contribution in [0.2, 0.25) is 0 Å². The largest absolute Gasteiger partial charge is 0.463 e. The summed E-state index contributed by atoms with van der Waals surface area (Å²) in [4.78, 5) is 11.7. The minimum Gasteiger partial charge on any atom is -0.463 e. The molecule has 2 rings (SSSR count). The molecular formula is C12H12N3O2+. The Bertz CT molecular complexity index is 532. The van der Waals surface area contributed by atoms with Gasteiger partial charge in [-0.15, -0.1) is 0 Å². The minimum absolute atomic E-state index is 0.260. The lowest BCUT2D eigenvalue weighted by Crippen LogP contribution is -2.29. The third-order valence-corrected chi connectivity index (χ3v) is 2.10. The second-order valence-corrected chi connectivity index (χ2v) is 3.47. The van der Waals surface area contributed by atoms with E-state index in [1.165, 1.54) is 6.21 Å². The Hall–Kier alpha value is -2.43. The highest BCUT2D eigenvalue weighted by atomic mass is 16.3. The molecule has 2 aromatic rings. The van der Waals surface area contributed by atoms with Crippen LogP contribution in [0, 0.1) is 0 Å². The third kappa shape index (κ3) is 3.01. The Morgan fingerprint density at radius 3 is 3.06 bits per heavy atom. The van der Waals surface area contributed by atoms with E-state index in [1.807, 2.05) is 13.2 Å². The van der Waals surface area contributed by atoms with Crippen molar-refractivity contribution in [2.75, 3.05) is 0 Å². The van der Waals surface area contributed by atoms with Crippen molar-refractivity contribution in [1.29, 1.82) is 0 Å². The van der Waals surface area contributed by atoms with Gasteiger partial charge in [0.05, 0.1) is 12.5 Å². The number of carbonyl (C=O) groups is 1. The number of carbonyl (C=O) groups excluding carboxylic acids is 1. The van der Waals surface area contributed by atoms with Gasteiger partial charge < -0.3 is 4.42 Å². The molecule has 0 atom stereocenters. The van der Waals surface area contributed by atoms with Crippen molar-refractivity contribution in [1.82, 2.24) is 5.43 Å². The summed E-state index contributed by atoms with van der Waals surface area (Å²) in [5, 5.41) is 3.79. The summed E-state index contributed by atoms with van der Waals surface area (Å²) in [5.41, 5.74) is 2.97. The molecule has 0 spiro atoms. The normalized spacial score (nSPS) is 10.6. The molecule has 0 saturated carbocycles. The molecule has 2 heterocycles. The number of hydrazone groups is 1. The van der Waals surface area contributed by atoms with Crippen molar-refractivity contribution in [3.63, 3.8) is 0 Å². The van der Waals surface area contributed by atoms with Crippen LogP contribution in [0.5, 0.6) is 0 Å². The van der Waals surface area contributed by atoms with Gasteiger partial charge in [0, 0.05) is 6.07 Å². The second-order valence-electron chi connectivity index (χ2n) is 3.47. The average Bonchev–Trinajstić information content (AvgIpc) is 2.82. The molecule has 0 radical (unpaired) electrons. The van der Waals surface area contributed by atoms with Gasteiger partial charge in [0.1, 0.15) is 18.4 Å². The van der Waals surface area contributed by atoms with E-state index in [4.69, 9.17) is 4.42 Å². The van der Waals surface area contributed by atoms with Crippen LogP contribution < -0.4 is 9.99 Å². The van der Waals surface area contributed by atoms with Gasteiger partial charge >= 0.3 is 0 Å². The summed E-state index contributed by atoms with van der Waals surface area (Å²) >= 11 is 0. The lowest BCUT2D eigenvalue weighted by molar-refractivity contribution is -0.671. The highest BCUT2D eigenvalue weighted by Crippen LogP contribution is 1.96. The van der Waals surface area contributed by atoms with Gasteiger partial charge in [-0.25, -0.2) is 9.99 Å². The first kappa shape index (κ1) is 11.1. The molecule has 1 amide bonds. The Morgan fingerprint density at radius 1 is 1.47 bits per heavy atom. The van der Waals surface area contributed by atoms with E-state index in [0.29, 0.717) is 11.3 Å². The van der Waals surface area contributed by atoms with Crippen molar-refractivity contribution in [2.45, 2.75) is 0 Å². The monoisotopic (exact) mass is 230 g/mol. The van der Waals surface area contributed by atoms with Crippen LogP contribution in [0.1, 0.15) is 16.1 Å². The summed E-state index contributed by atoms with van der Waals surface area (Å²) in [5.74, 6) is 0.327. The van der Waals surface area contributed by atoms with Crippen LogP contribution in [0.25, 0.3) is 0 Å². The fourth-order valence-electron chi connectivity index (χ4n) is 1.31. The standard InChI is InChI=1S/C12H11N3O2/c1-15-6-2-4-10(9-15)12(16)14-13-8-11-5-3-7-17-11/h2-9H,1H3/p+1/b13-8+. The molecule has 86 valence electrons. The zero-order valence-corrected chi connectivity index (χ0v) is 9.33. The summed E-state index contributed by atoms with van der Waals surface area (Å²) in [7, 11) is 1.85. The maximum absolute atomic E-state index is 11.7. The van der Waals surface area contributed by atoms with Crippen molar-refractivity contribution in [3.05, 3.63) is 54.2 Å². The molecule has 0 aliphatic carbocycles. The smallest absolute Gasteiger partial charge is 0.277 e. The van der Waals surface area contributed by atoms with Crippen LogP contribution in [0.4, 0.5) is 0 Å². The van der Waals surface area contributed by atoms with Crippen LogP contribution in [0.3, 0.4) is 0 Å². The van der Waals surface area contributed by atoms with E-state index in [0.717, 1.165) is 0 Å².